The molecule has 0 unspecified atom stereocenters. The maximum absolute atomic E-state index is 9.30. The molecule has 0 aliphatic rings. The third-order valence-electron chi connectivity index (χ3n) is 0.349. The standard InChI is InChI=1S/C5H5NO/c1-2-3-4-6-5-7/h2-4H,1H2. The quantitative estimate of drug-likeness (QED) is 0.286. The minimum atomic E-state index is 1.32. The van der Waals surface area contributed by atoms with Crippen molar-refractivity contribution in [2.75, 3.05) is 0 Å². The SMILES string of the molecule is C=CC=CN=C=O. The molecule has 0 heterocycles. The molecule has 0 atom stereocenters. The van der Waals surface area contributed by atoms with Crippen LogP contribution in [0.25, 0.3) is 0 Å². The molecule has 0 fully saturated rings. The zero-order valence-corrected chi connectivity index (χ0v) is 3.79. The number of isocyanates is 1. The van der Waals surface area contributed by atoms with Gasteiger partial charge in [-0.1, -0.05) is 12.7 Å². The molecule has 0 aliphatic carbocycles. The Hall–Kier alpha value is -1.14. The number of hydrogen-bond donors (Lipinski definition) is 0. The first kappa shape index (κ1) is 5.86. The molecular formula is C5H5NO. The van der Waals surface area contributed by atoms with Crippen LogP contribution in [-0.2, 0) is 4.79 Å². The van der Waals surface area contributed by atoms with Gasteiger partial charge in [-0.3, -0.25) is 0 Å². The number of aliphatic imine (C=N–C) groups is 1. The Balaban J connectivity index is 3.47. The molecule has 0 aromatic heterocycles. The predicted octanol–water partition coefficient (Wildman–Crippen LogP) is 1.02. The van der Waals surface area contributed by atoms with E-state index in [0.29, 0.717) is 0 Å². The predicted molar refractivity (Wildman–Crippen MR) is 27.5 cm³/mol. The fourth-order valence-corrected chi connectivity index (χ4v) is 0.134. The molecule has 0 aromatic rings. The molecule has 0 aliphatic heterocycles. The average molecular weight is 95.1 g/mol. The van der Waals surface area contributed by atoms with E-state index in [4.69, 9.17) is 0 Å². The second kappa shape index (κ2) is 4.86. The lowest BCUT2D eigenvalue weighted by Gasteiger charge is -1.59. The van der Waals surface area contributed by atoms with Crippen molar-refractivity contribution in [2.45, 2.75) is 0 Å². The Morgan fingerprint density at radius 3 is 2.86 bits per heavy atom. The minimum absolute atomic E-state index is 1.32. The van der Waals surface area contributed by atoms with Crippen LogP contribution >= 0.6 is 0 Å². The average Bonchev–Trinajstić information content (AvgIpc) is 1.69. The summed E-state index contributed by atoms with van der Waals surface area (Å²) in [5, 5.41) is 0. The van der Waals surface area contributed by atoms with Crippen LogP contribution in [0.1, 0.15) is 0 Å². The van der Waals surface area contributed by atoms with E-state index in [9.17, 15) is 4.79 Å². The molecule has 36 valence electrons. The summed E-state index contributed by atoms with van der Waals surface area (Å²) >= 11 is 0. The zero-order valence-electron chi connectivity index (χ0n) is 3.79. The third-order valence-corrected chi connectivity index (χ3v) is 0.349. The number of hydrogen-bond acceptors (Lipinski definition) is 2. The Morgan fingerprint density at radius 2 is 2.43 bits per heavy atom. The number of rotatable bonds is 2. The van der Waals surface area contributed by atoms with Gasteiger partial charge in [0.05, 0.1) is 0 Å². The normalized spacial score (nSPS) is 8.00. The van der Waals surface area contributed by atoms with Crippen LogP contribution in [0.2, 0.25) is 0 Å². The largest absolute Gasteiger partial charge is 0.239 e. The maximum atomic E-state index is 9.30. The second-order valence-corrected chi connectivity index (χ2v) is 0.798. The van der Waals surface area contributed by atoms with Gasteiger partial charge in [0.15, 0.2) is 0 Å². The summed E-state index contributed by atoms with van der Waals surface area (Å²) in [6.07, 6.45) is 5.74. The van der Waals surface area contributed by atoms with E-state index in [0.717, 1.165) is 0 Å². The molecule has 0 rings (SSSR count). The fourth-order valence-electron chi connectivity index (χ4n) is 0.134. The highest BCUT2D eigenvalue weighted by atomic mass is 16.1. The van der Waals surface area contributed by atoms with Crippen molar-refractivity contribution in [3.8, 4) is 0 Å². The lowest BCUT2D eigenvalue weighted by molar-refractivity contribution is 0.565. The van der Waals surface area contributed by atoms with E-state index in [2.05, 4.69) is 11.6 Å². The number of nitrogens with zero attached hydrogens (tertiary/aromatic N) is 1. The minimum Gasteiger partial charge on any atom is -0.211 e. The van der Waals surface area contributed by atoms with Crippen molar-refractivity contribution < 1.29 is 4.79 Å². The van der Waals surface area contributed by atoms with Gasteiger partial charge < -0.3 is 0 Å². The van der Waals surface area contributed by atoms with Gasteiger partial charge in [0.25, 0.3) is 0 Å². The van der Waals surface area contributed by atoms with E-state index in [1.807, 2.05) is 0 Å². The lowest BCUT2D eigenvalue weighted by Crippen LogP contribution is -1.45. The molecule has 0 saturated carbocycles. The van der Waals surface area contributed by atoms with Crippen LogP contribution < -0.4 is 0 Å². The first-order valence-corrected chi connectivity index (χ1v) is 1.76. The van der Waals surface area contributed by atoms with Gasteiger partial charge >= 0.3 is 0 Å². The summed E-state index contributed by atoms with van der Waals surface area (Å²) < 4.78 is 0. The summed E-state index contributed by atoms with van der Waals surface area (Å²) in [4.78, 5) is 12.4. The van der Waals surface area contributed by atoms with Gasteiger partial charge in [-0.05, 0) is 6.08 Å². The van der Waals surface area contributed by atoms with E-state index in [-0.39, 0.29) is 0 Å². The van der Waals surface area contributed by atoms with Crippen molar-refractivity contribution >= 4 is 6.08 Å². The van der Waals surface area contributed by atoms with Gasteiger partial charge in [-0.25, -0.2) is 4.79 Å². The van der Waals surface area contributed by atoms with Gasteiger partial charge in [-0.15, -0.1) is 0 Å². The summed E-state index contributed by atoms with van der Waals surface area (Å²) in [5.41, 5.74) is 0. The van der Waals surface area contributed by atoms with E-state index in [1.165, 1.54) is 18.4 Å². The Bertz CT molecular complexity index is 120. The molecule has 0 spiro atoms. The van der Waals surface area contributed by atoms with E-state index < -0.39 is 0 Å². The van der Waals surface area contributed by atoms with Crippen molar-refractivity contribution in [1.82, 2.24) is 0 Å². The maximum Gasteiger partial charge on any atom is 0.239 e. The van der Waals surface area contributed by atoms with E-state index in [1.54, 1.807) is 6.08 Å². The summed E-state index contributed by atoms with van der Waals surface area (Å²) in [6.45, 7) is 3.36. The Kier molecular flexibility index (Phi) is 4.07. The zero-order chi connectivity index (χ0) is 5.54. The fraction of sp³-hybridized carbons (Fsp3) is 0. The first-order chi connectivity index (χ1) is 3.41. The molecule has 0 saturated heterocycles. The molecule has 0 aromatic carbocycles. The molecule has 2 heteroatoms. The van der Waals surface area contributed by atoms with Crippen LogP contribution in [-0.4, -0.2) is 6.08 Å². The first-order valence-electron chi connectivity index (χ1n) is 1.76. The van der Waals surface area contributed by atoms with Crippen LogP contribution in [0, 0.1) is 0 Å². The molecule has 2 nitrogen and oxygen atoms in total. The van der Waals surface area contributed by atoms with Gasteiger partial charge in [0.2, 0.25) is 6.08 Å². The van der Waals surface area contributed by atoms with E-state index >= 15 is 0 Å². The highest BCUT2D eigenvalue weighted by Gasteiger charge is 1.52. The van der Waals surface area contributed by atoms with Crippen LogP contribution in [0.5, 0.6) is 0 Å². The van der Waals surface area contributed by atoms with Gasteiger partial charge in [0.1, 0.15) is 0 Å². The van der Waals surface area contributed by atoms with Crippen LogP contribution in [0.15, 0.2) is 29.9 Å². The third kappa shape index (κ3) is 4.86. The number of carbonyl (C=O) groups excluding carboxylic acids is 1. The van der Waals surface area contributed by atoms with Crippen molar-refractivity contribution in [1.29, 1.82) is 0 Å². The summed E-state index contributed by atoms with van der Waals surface area (Å²) in [6, 6.07) is 0. The molecule has 0 N–H and O–H groups in total. The Morgan fingerprint density at radius 1 is 1.71 bits per heavy atom. The smallest absolute Gasteiger partial charge is 0.211 e. The molecule has 7 heavy (non-hydrogen) atoms. The van der Waals surface area contributed by atoms with Crippen molar-refractivity contribution in [3.05, 3.63) is 24.9 Å². The molecule has 0 radical (unpaired) electrons. The Labute approximate surface area is 41.9 Å². The molecular weight excluding hydrogens is 90.1 g/mol. The van der Waals surface area contributed by atoms with Gasteiger partial charge in [0, 0.05) is 6.20 Å². The summed E-state index contributed by atoms with van der Waals surface area (Å²) in [7, 11) is 0. The lowest BCUT2D eigenvalue weighted by atomic mass is 10.6. The molecule has 0 bridgehead atoms. The van der Waals surface area contributed by atoms with Crippen molar-refractivity contribution in [3.63, 3.8) is 0 Å². The molecule has 0 amide bonds. The van der Waals surface area contributed by atoms with Crippen LogP contribution in [0.4, 0.5) is 0 Å². The topological polar surface area (TPSA) is 29.4 Å². The number of allylic oxidation sites excluding steroid dienone is 2. The van der Waals surface area contributed by atoms with Crippen LogP contribution in [0.3, 0.4) is 0 Å². The van der Waals surface area contributed by atoms with Gasteiger partial charge in [-0.2, -0.15) is 4.99 Å². The van der Waals surface area contributed by atoms with Crippen molar-refractivity contribution in [2.24, 2.45) is 4.99 Å². The highest BCUT2D eigenvalue weighted by Crippen LogP contribution is 1.69. The summed E-state index contributed by atoms with van der Waals surface area (Å²) in [5.74, 6) is 0. The second-order valence-electron chi connectivity index (χ2n) is 0.798. The highest BCUT2D eigenvalue weighted by molar-refractivity contribution is 5.34. The monoisotopic (exact) mass is 95.0 g/mol.